The van der Waals surface area contributed by atoms with Crippen molar-refractivity contribution in [1.29, 1.82) is 0 Å². The highest BCUT2D eigenvalue weighted by molar-refractivity contribution is 5.80. The molecule has 0 aliphatic carbocycles. The minimum absolute atomic E-state index is 0.284. The highest BCUT2D eigenvalue weighted by Crippen LogP contribution is 2.30. The van der Waals surface area contributed by atoms with Gasteiger partial charge in [0.15, 0.2) is 11.2 Å². The molecule has 10 nitrogen and oxygen atoms in total. The van der Waals surface area contributed by atoms with Crippen molar-refractivity contribution in [3.05, 3.63) is 80.8 Å². The Morgan fingerprint density at radius 2 is 1.59 bits per heavy atom. The number of rotatable bonds is 9. The molecule has 190 valence electrons. The van der Waals surface area contributed by atoms with Crippen LogP contribution in [0.3, 0.4) is 0 Å². The quantitative estimate of drug-likeness (QED) is 0.332. The molecule has 0 fully saturated rings. The summed E-state index contributed by atoms with van der Waals surface area (Å²) in [5.74, 6) is 1.37. The maximum Gasteiger partial charge on any atom is 0.332 e. The van der Waals surface area contributed by atoms with Gasteiger partial charge < -0.3 is 4.57 Å². The highest BCUT2D eigenvalue weighted by Gasteiger charge is 2.21. The average Bonchev–Trinajstić information content (AvgIpc) is 3.57. The Bertz CT molecular complexity index is 1640. The van der Waals surface area contributed by atoms with Gasteiger partial charge in [0, 0.05) is 31.6 Å². The number of imidazole rings is 1. The van der Waals surface area contributed by atoms with Crippen molar-refractivity contribution in [3.8, 4) is 22.5 Å². The lowest BCUT2D eigenvalue weighted by molar-refractivity contribution is 0.603. The summed E-state index contributed by atoms with van der Waals surface area (Å²) in [6.45, 7) is 7.11. The molecule has 3 heterocycles. The maximum absolute atomic E-state index is 13.4. The van der Waals surface area contributed by atoms with Gasteiger partial charge in [-0.1, -0.05) is 61.9 Å². The van der Waals surface area contributed by atoms with E-state index in [1.165, 1.54) is 4.57 Å². The normalized spacial score (nSPS) is 11.4. The first-order valence-corrected chi connectivity index (χ1v) is 12.7. The fraction of sp³-hybridized carbons (Fsp3) is 0.333. The summed E-state index contributed by atoms with van der Waals surface area (Å²) in [6, 6.07) is 16.2. The predicted octanol–water partition coefficient (Wildman–Crippen LogP) is 3.64. The number of aromatic nitrogens is 8. The minimum atomic E-state index is -0.307. The van der Waals surface area contributed by atoms with Crippen molar-refractivity contribution >= 4 is 11.2 Å². The molecule has 0 aliphatic heterocycles. The van der Waals surface area contributed by atoms with E-state index in [4.69, 9.17) is 4.98 Å². The number of unbranched alkanes of at least 4 members (excludes halogenated alkanes) is 1. The van der Waals surface area contributed by atoms with Gasteiger partial charge in [0.05, 0.1) is 0 Å². The molecule has 5 rings (SSSR count). The molecule has 3 aromatic heterocycles. The Hall–Kier alpha value is -4.34. The minimum Gasteiger partial charge on any atom is -0.318 e. The molecule has 0 atom stereocenters. The molecule has 0 amide bonds. The molecule has 0 radical (unpaired) electrons. The van der Waals surface area contributed by atoms with E-state index in [9.17, 15) is 9.59 Å². The lowest BCUT2D eigenvalue weighted by atomic mass is 9.98. The van der Waals surface area contributed by atoms with Crippen LogP contribution in [0.2, 0.25) is 0 Å². The van der Waals surface area contributed by atoms with Gasteiger partial charge in [0.2, 0.25) is 5.82 Å². The third kappa shape index (κ3) is 4.39. The van der Waals surface area contributed by atoms with Gasteiger partial charge in [-0.05, 0) is 42.2 Å². The first kappa shape index (κ1) is 24.4. The molecule has 0 bridgehead atoms. The van der Waals surface area contributed by atoms with Gasteiger partial charge in [0.25, 0.3) is 5.56 Å². The summed E-state index contributed by atoms with van der Waals surface area (Å²) in [7, 11) is 0. The summed E-state index contributed by atoms with van der Waals surface area (Å²) in [6.07, 6.45) is 2.70. The zero-order valence-corrected chi connectivity index (χ0v) is 21.3. The standard InChI is InChI=1S/C27H30N8O2/c1-4-7-12-22-28-25-23(26(36)34(6-3)27(37)33(25)5-2)35(22)17-18-13-15-19(16-14-18)20-10-8-9-11-21(20)24-29-31-32-30-24/h8-11,13-16H,4-7,12,17H2,1-3H3,(H,29,30,31,32). The second-order valence-electron chi connectivity index (χ2n) is 8.94. The van der Waals surface area contributed by atoms with E-state index < -0.39 is 0 Å². The van der Waals surface area contributed by atoms with E-state index in [1.807, 2.05) is 42.7 Å². The zero-order valence-electron chi connectivity index (χ0n) is 21.3. The molecule has 0 unspecified atom stereocenters. The lowest BCUT2D eigenvalue weighted by Crippen LogP contribution is -2.40. The number of fused-ring (bicyclic) bond motifs is 1. The first-order chi connectivity index (χ1) is 18.1. The van der Waals surface area contributed by atoms with Crippen molar-refractivity contribution < 1.29 is 0 Å². The number of nitrogens with one attached hydrogen (secondary N) is 1. The van der Waals surface area contributed by atoms with Gasteiger partial charge in [-0.25, -0.2) is 9.78 Å². The highest BCUT2D eigenvalue weighted by atomic mass is 16.2. The smallest absolute Gasteiger partial charge is 0.318 e. The second-order valence-corrected chi connectivity index (χ2v) is 8.94. The zero-order chi connectivity index (χ0) is 25.9. The van der Waals surface area contributed by atoms with Gasteiger partial charge in [-0.3, -0.25) is 13.9 Å². The molecule has 0 saturated heterocycles. The van der Waals surface area contributed by atoms with Gasteiger partial charge in [0.1, 0.15) is 5.82 Å². The van der Waals surface area contributed by atoms with Crippen LogP contribution in [0.1, 0.15) is 45.0 Å². The topological polar surface area (TPSA) is 116 Å². The van der Waals surface area contributed by atoms with E-state index >= 15 is 0 Å². The molecular weight excluding hydrogens is 468 g/mol. The fourth-order valence-corrected chi connectivity index (χ4v) is 4.77. The van der Waals surface area contributed by atoms with E-state index in [0.29, 0.717) is 36.6 Å². The van der Waals surface area contributed by atoms with Crippen LogP contribution in [0.25, 0.3) is 33.7 Å². The van der Waals surface area contributed by atoms with Crippen molar-refractivity contribution in [3.63, 3.8) is 0 Å². The second kappa shape index (κ2) is 10.3. The largest absolute Gasteiger partial charge is 0.332 e. The van der Waals surface area contributed by atoms with E-state index in [-0.39, 0.29) is 11.2 Å². The number of tetrazole rings is 1. The molecule has 0 spiro atoms. The molecule has 10 heteroatoms. The Morgan fingerprint density at radius 3 is 2.24 bits per heavy atom. The number of nitrogens with zero attached hydrogens (tertiary/aromatic N) is 7. The average molecular weight is 499 g/mol. The van der Waals surface area contributed by atoms with Crippen LogP contribution in [0, 0.1) is 0 Å². The van der Waals surface area contributed by atoms with Crippen LogP contribution < -0.4 is 11.2 Å². The summed E-state index contributed by atoms with van der Waals surface area (Å²) >= 11 is 0. The third-order valence-corrected chi connectivity index (χ3v) is 6.70. The van der Waals surface area contributed by atoms with Crippen molar-refractivity contribution in [1.82, 2.24) is 39.3 Å². The van der Waals surface area contributed by atoms with Gasteiger partial charge in [-0.15, -0.1) is 10.2 Å². The monoisotopic (exact) mass is 498 g/mol. The van der Waals surface area contributed by atoms with E-state index in [1.54, 1.807) is 4.57 Å². The van der Waals surface area contributed by atoms with Crippen LogP contribution >= 0.6 is 0 Å². The fourth-order valence-electron chi connectivity index (χ4n) is 4.77. The Labute approximate surface area is 213 Å². The van der Waals surface area contributed by atoms with Crippen LogP contribution in [-0.2, 0) is 26.1 Å². The molecule has 0 saturated carbocycles. The number of aryl methyl sites for hydroxylation is 2. The number of aromatic amines is 1. The molecule has 2 aromatic carbocycles. The predicted molar refractivity (Wildman–Crippen MR) is 142 cm³/mol. The van der Waals surface area contributed by atoms with E-state index in [2.05, 4.69) is 51.8 Å². The maximum atomic E-state index is 13.4. The number of benzene rings is 2. The van der Waals surface area contributed by atoms with Crippen LogP contribution in [0.5, 0.6) is 0 Å². The van der Waals surface area contributed by atoms with Crippen molar-refractivity contribution in [2.75, 3.05) is 0 Å². The molecular formula is C27H30N8O2. The van der Waals surface area contributed by atoms with Crippen LogP contribution in [0.15, 0.2) is 58.1 Å². The van der Waals surface area contributed by atoms with Crippen LogP contribution in [-0.4, -0.2) is 39.3 Å². The van der Waals surface area contributed by atoms with Crippen molar-refractivity contribution in [2.45, 2.75) is 59.7 Å². The summed E-state index contributed by atoms with van der Waals surface area (Å²) in [4.78, 5) is 31.1. The number of hydrogen-bond donors (Lipinski definition) is 1. The molecule has 5 aromatic rings. The SMILES string of the molecule is CCCCc1nc2c(c(=O)n(CC)c(=O)n2CC)n1Cc1ccc(-c2ccccc2-c2nn[nH]n2)cc1. The summed E-state index contributed by atoms with van der Waals surface area (Å²) in [5, 5.41) is 14.5. The van der Waals surface area contributed by atoms with Gasteiger partial charge >= 0.3 is 5.69 Å². The Morgan fingerprint density at radius 1 is 0.865 bits per heavy atom. The van der Waals surface area contributed by atoms with Crippen molar-refractivity contribution in [2.24, 2.45) is 0 Å². The first-order valence-electron chi connectivity index (χ1n) is 12.7. The van der Waals surface area contributed by atoms with E-state index in [0.717, 1.165) is 47.3 Å². The molecule has 1 N–H and O–H groups in total. The molecule has 0 aliphatic rings. The molecule has 37 heavy (non-hydrogen) atoms. The lowest BCUT2D eigenvalue weighted by Gasteiger charge is -2.12. The summed E-state index contributed by atoms with van der Waals surface area (Å²) in [5.41, 5.74) is 4.33. The third-order valence-electron chi connectivity index (χ3n) is 6.70. The number of H-pyrrole nitrogens is 1. The Kier molecular flexibility index (Phi) is 6.80. The van der Waals surface area contributed by atoms with Crippen LogP contribution in [0.4, 0.5) is 0 Å². The number of hydrogen-bond acceptors (Lipinski definition) is 6. The Balaban J connectivity index is 1.58. The summed E-state index contributed by atoms with van der Waals surface area (Å²) < 4.78 is 4.89. The van der Waals surface area contributed by atoms with Gasteiger partial charge in [-0.2, -0.15) is 5.21 Å².